The topological polar surface area (TPSA) is 23.9 Å². The normalized spacial score (nSPS) is 10.3. The molecule has 0 aliphatic heterocycles. The van der Waals surface area contributed by atoms with Crippen LogP contribution in [0.15, 0.2) is 36.4 Å². The van der Waals surface area contributed by atoms with Crippen molar-refractivity contribution in [1.82, 2.24) is 0 Å². The molecule has 1 aromatic rings. The lowest BCUT2D eigenvalue weighted by molar-refractivity contribution is 1.50. The lowest BCUT2D eigenvalue weighted by Gasteiger charge is -1.89. The van der Waals surface area contributed by atoms with E-state index in [1.807, 2.05) is 36.4 Å². The highest BCUT2D eigenvalue weighted by Crippen LogP contribution is 2.00. The Kier molecular flexibility index (Phi) is 2.61. The summed E-state index contributed by atoms with van der Waals surface area (Å²) in [4.78, 5) is 0. The Bertz CT molecular complexity index is 259. The van der Waals surface area contributed by atoms with E-state index in [0.717, 1.165) is 5.56 Å². The molecule has 0 bridgehead atoms. The number of hydrogen-bond acceptors (Lipinski definition) is 1. The van der Waals surface area contributed by atoms with Crippen LogP contribution < -0.4 is 0 Å². The first kappa shape index (κ1) is 7.73. The molecule has 0 unspecified atom stereocenters. The van der Waals surface area contributed by atoms with Gasteiger partial charge in [0.1, 0.15) is 0 Å². The molecule has 0 heterocycles. The van der Waals surface area contributed by atoms with Crippen LogP contribution in [0.5, 0.6) is 0 Å². The molecule has 1 aromatic carbocycles. The highest BCUT2D eigenvalue weighted by atomic mass is 14.4. The van der Waals surface area contributed by atoms with E-state index >= 15 is 0 Å². The summed E-state index contributed by atoms with van der Waals surface area (Å²) in [6.07, 6.45) is 3.72. The first-order valence-corrected chi connectivity index (χ1v) is 3.57. The molecule has 0 aromatic heterocycles. The second-order valence-electron chi connectivity index (χ2n) is 2.43. The van der Waals surface area contributed by atoms with Crippen LogP contribution in [0.2, 0.25) is 0 Å². The van der Waals surface area contributed by atoms with E-state index in [2.05, 4.69) is 0 Å². The van der Waals surface area contributed by atoms with Gasteiger partial charge in [0.2, 0.25) is 0 Å². The molecule has 0 aliphatic carbocycles. The van der Waals surface area contributed by atoms with Crippen LogP contribution in [0.3, 0.4) is 0 Å². The van der Waals surface area contributed by atoms with Crippen molar-refractivity contribution in [1.29, 1.82) is 5.41 Å². The predicted molar refractivity (Wildman–Crippen MR) is 48.9 cm³/mol. The summed E-state index contributed by atoms with van der Waals surface area (Å²) in [6.45, 7) is 1.76. The molecule has 1 rings (SSSR count). The average molecular weight is 145 g/mol. The van der Waals surface area contributed by atoms with Crippen molar-refractivity contribution in [2.45, 2.75) is 6.92 Å². The summed E-state index contributed by atoms with van der Waals surface area (Å²) in [6, 6.07) is 9.98. The molecule has 0 atom stereocenters. The number of benzene rings is 1. The highest BCUT2D eigenvalue weighted by Gasteiger charge is 1.81. The van der Waals surface area contributed by atoms with Gasteiger partial charge in [-0.05, 0) is 18.6 Å². The number of rotatable bonds is 2. The van der Waals surface area contributed by atoms with Crippen LogP contribution in [-0.4, -0.2) is 5.71 Å². The first-order valence-electron chi connectivity index (χ1n) is 3.57. The smallest absolute Gasteiger partial charge is 0.0283 e. The molecular formula is C10H11N. The van der Waals surface area contributed by atoms with E-state index in [0.29, 0.717) is 5.71 Å². The third-order valence-corrected chi connectivity index (χ3v) is 1.33. The third-order valence-electron chi connectivity index (χ3n) is 1.33. The first-order chi connectivity index (χ1) is 5.29. The minimum atomic E-state index is 0.578. The van der Waals surface area contributed by atoms with Gasteiger partial charge in [0.15, 0.2) is 0 Å². The van der Waals surface area contributed by atoms with Crippen LogP contribution in [0.1, 0.15) is 12.5 Å². The summed E-state index contributed by atoms with van der Waals surface area (Å²) in [5.74, 6) is 0. The van der Waals surface area contributed by atoms with Gasteiger partial charge < -0.3 is 5.41 Å². The molecule has 0 amide bonds. The fourth-order valence-corrected chi connectivity index (χ4v) is 0.785. The van der Waals surface area contributed by atoms with Crippen molar-refractivity contribution in [3.8, 4) is 0 Å². The van der Waals surface area contributed by atoms with E-state index in [4.69, 9.17) is 5.41 Å². The van der Waals surface area contributed by atoms with Crippen LogP contribution in [0.4, 0.5) is 0 Å². The molecule has 0 saturated carbocycles. The summed E-state index contributed by atoms with van der Waals surface area (Å²) in [7, 11) is 0. The van der Waals surface area contributed by atoms with Crippen LogP contribution in [0.25, 0.3) is 6.08 Å². The summed E-state index contributed by atoms with van der Waals surface area (Å²) >= 11 is 0. The molecule has 1 nitrogen and oxygen atoms in total. The van der Waals surface area contributed by atoms with Gasteiger partial charge in [-0.25, -0.2) is 0 Å². The standard InChI is InChI=1S/C10H11N/c1-9(11)7-8-10-5-3-2-4-6-10/h2-8,11H,1H3. The third kappa shape index (κ3) is 2.80. The zero-order valence-electron chi connectivity index (χ0n) is 6.54. The van der Waals surface area contributed by atoms with E-state index in [-0.39, 0.29) is 0 Å². The second kappa shape index (κ2) is 3.71. The van der Waals surface area contributed by atoms with Gasteiger partial charge >= 0.3 is 0 Å². The molecule has 56 valence electrons. The lowest BCUT2D eigenvalue weighted by atomic mass is 10.2. The van der Waals surface area contributed by atoms with Gasteiger partial charge in [-0.3, -0.25) is 0 Å². The largest absolute Gasteiger partial charge is 0.306 e. The predicted octanol–water partition coefficient (Wildman–Crippen LogP) is 2.74. The Morgan fingerprint density at radius 2 is 1.91 bits per heavy atom. The van der Waals surface area contributed by atoms with Gasteiger partial charge in [0.05, 0.1) is 0 Å². The molecule has 1 N–H and O–H groups in total. The van der Waals surface area contributed by atoms with Gasteiger partial charge in [-0.2, -0.15) is 0 Å². The van der Waals surface area contributed by atoms with Crippen molar-refractivity contribution < 1.29 is 0 Å². The van der Waals surface area contributed by atoms with E-state index in [1.54, 1.807) is 13.0 Å². The summed E-state index contributed by atoms with van der Waals surface area (Å²) in [5, 5.41) is 7.16. The van der Waals surface area contributed by atoms with Crippen molar-refractivity contribution in [2.75, 3.05) is 0 Å². The maximum Gasteiger partial charge on any atom is 0.0283 e. The van der Waals surface area contributed by atoms with Gasteiger partial charge in [0, 0.05) is 5.71 Å². The van der Waals surface area contributed by atoms with Crippen molar-refractivity contribution in [2.24, 2.45) is 0 Å². The van der Waals surface area contributed by atoms with E-state index in [1.165, 1.54) is 0 Å². The van der Waals surface area contributed by atoms with Crippen LogP contribution >= 0.6 is 0 Å². The molecule has 11 heavy (non-hydrogen) atoms. The summed E-state index contributed by atoms with van der Waals surface area (Å²) in [5.41, 5.74) is 1.72. The quantitative estimate of drug-likeness (QED) is 0.619. The van der Waals surface area contributed by atoms with Crippen molar-refractivity contribution >= 4 is 11.8 Å². The van der Waals surface area contributed by atoms with Gasteiger partial charge in [0.25, 0.3) is 0 Å². The number of allylic oxidation sites excluding steroid dienone is 1. The number of nitrogens with one attached hydrogen (secondary N) is 1. The minimum absolute atomic E-state index is 0.578. The fourth-order valence-electron chi connectivity index (χ4n) is 0.785. The fraction of sp³-hybridized carbons (Fsp3) is 0.100. The number of hydrogen-bond donors (Lipinski definition) is 1. The van der Waals surface area contributed by atoms with Crippen molar-refractivity contribution in [3.05, 3.63) is 42.0 Å². The maximum absolute atomic E-state index is 7.16. The van der Waals surface area contributed by atoms with E-state index < -0.39 is 0 Å². The molecule has 0 saturated heterocycles. The zero-order valence-corrected chi connectivity index (χ0v) is 6.54. The maximum atomic E-state index is 7.16. The molecule has 0 aliphatic rings. The summed E-state index contributed by atoms with van der Waals surface area (Å²) < 4.78 is 0. The monoisotopic (exact) mass is 145 g/mol. The van der Waals surface area contributed by atoms with Crippen molar-refractivity contribution in [3.63, 3.8) is 0 Å². The molecule has 0 radical (unpaired) electrons. The Labute approximate surface area is 66.9 Å². The van der Waals surface area contributed by atoms with E-state index in [9.17, 15) is 0 Å². The van der Waals surface area contributed by atoms with Gasteiger partial charge in [-0.15, -0.1) is 0 Å². The zero-order chi connectivity index (χ0) is 8.10. The SMILES string of the molecule is CC(=N)C=Cc1ccccc1. The molecule has 1 heteroatoms. The Hall–Kier alpha value is -1.37. The van der Waals surface area contributed by atoms with Gasteiger partial charge in [-0.1, -0.05) is 36.4 Å². The van der Waals surface area contributed by atoms with Crippen LogP contribution in [-0.2, 0) is 0 Å². The Morgan fingerprint density at radius 1 is 1.27 bits per heavy atom. The molecule has 0 spiro atoms. The molecule has 0 fully saturated rings. The average Bonchev–Trinajstić information content (AvgIpc) is 2.03. The molecular weight excluding hydrogens is 134 g/mol. The second-order valence-corrected chi connectivity index (χ2v) is 2.43. The lowest BCUT2D eigenvalue weighted by Crippen LogP contribution is -1.77. The Balaban J connectivity index is 2.72. The van der Waals surface area contributed by atoms with Crippen LogP contribution in [0, 0.1) is 5.41 Å². The highest BCUT2D eigenvalue weighted by molar-refractivity contribution is 5.93. The minimum Gasteiger partial charge on any atom is -0.306 e. The Morgan fingerprint density at radius 3 is 2.45 bits per heavy atom.